The molecule has 0 saturated heterocycles. The molecule has 4 aromatic heterocycles. The van der Waals surface area contributed by atoms with E-state index in [0.29, 0.717) is 44.4 Å². The lowest BCUT2D eigenvalue weighted by atomic mass is 10.3. The van der Waals surface area contributed by atoms with Gasteiger partial charge in [-0.1, -0.05) is 11.6 Å². The fourth-order valence-corrected chi connectivity index (χ4v) is 4.83. The van der Waals surface area contributed by atoms with Crippen LogP contribution in [0.3, 0.4) is 0 Å². The van der Waals surface area contributed by atoms with E-state index in [9.17, 15) is 16.8 Å². The van der Waals surface area contributed by atoms with Gasteiger partial charge in [-0.05, 0) is 71.7 Å². The van der Waals surface area contributed by atoms with Crippen LogP contribution in [0.5, 0.6) is 0 Å². The van der Waals surface area contributed by atoms with E-state index in [1.165, 1.54) is 36.4 Å². The van der Waals surface area contributed by atoms with Gasteiger partial charge >= 0.3 is 0 Å². The van der Waals surface area contributed by atoms with E-state index in [1.807, 2.05) is 0 Å². The van der Waals surface area contributed by atoms with E-state index in [-0.39, 0.29) is 28.8 Å². The summed E-state index contributed by atoms with van der Waals surface area (Å²) < 4.78 is 43.8. The van der Waals surface area contributed by atoms with Gasteiger partial charge in [-0.25, -0.2) is 32.1 Å². The van der Waals surface area contributed by atoms with Crippen LogP contribution in [-0.4, -0.2) is 65.6 Å². The van der Waals surface area contributed by atoms with E-state index in [0.717, 1.165) is 0 Å². The van der Waals surface area contributed by atoms with Crippen molar-refractivity contribution in [3.63, 3.8) is 0 Å². The number of halogens is 3. The minimum atomic E-state index is -3.71. The Morgan fingerprint density at radius 3 is 1.64 bits per heavy atom. The first kappa shape index (κ1) is 34.4. The van der Waals surface area contributed by atoms with Gasteiger partial charge in [0, 0.05) is 19.8 Å². The van der Waals surface area contributed by atoms with Crippen LogP contribution >= 0.6 is 34.8 Å². The smallest absolute Gasteiger partial charge is 0.238 e. The lowest BCUT2D eigenvalue weighted by Gasteiger charge is -2.07. The number of nitrogens with one attached hydrogen (secondary N) is 3. The summed E-state index contributed by atoms with van der Waals surface area (Å²) in [4.78, 5) is 15.8. The largest absolute Gasteiger partial charge is 0.399 e. The Bertz CT molecular complexity index is 2110. The molecule has 0 aliphatic carbocycles. The molecule has 16 nitrogen and oxygen atoms in total. The Morgan fingerprint density at radius 2 is 1.11 bits per heavy atom. The number of fused-ring (bicyclic) bond motifs is 2. The average Bonchev–Trinajstić information content (AvgIpc) is 3.59. The Morgan fingerprint density at radius 1 is 0.659 bits per heavy atom. The van der Waals surface area contributed by atoms with E-state index in [1.54, 1.807) is 24.5 Å². The second kappa shape index (κ2) is 14.1. The average molecular weight is 697 g/mol. The quantitative estimate of drug-likeness (QED) is 0.0672. The summed E-state index contributed by atoms with van der Waals surface area (Å²) in [6.45, 7) is 0. The first-order valence-electron chi connectivity index (χ1n) is 11.4. The summed E-state index contributed by atoms with van der Waals surface area (Å²) in [7, 11) is -7.29. The molecule has 0 fully saturated rings. The minimum absolute atomic E-state index is 0. The maximum Gasteiger partial charge on any atom is 0.238 e. The molecular weight excluding hydrogens is 678 g/mol. The van der Waals surface area contributed by atoms with Crippen molar-refractivity contribution in [3.8, 4) is 0 Å². The number of primary sulfonamides is 2. The molecule has 0 saturated carbocycles. The van der Waals surface area contributed by atoms with Crippen LogP contribution in [0.15, 0.2) is 70.7 Å². The lowest BCUT2D eigenvalue weighted by Crippen LogP contribution is -2.11. The van der Waals surface area contributed by atoms with Crippen molar-refractivity contribution in [2.45, 2.75) is 9.79 Å². The second-order valence-corrected chi connectivity index (χ2v) is 12.4. The maximum atomic E-state index is 11.2. The van der Waals surface area contributed by atoms with Crippen LogP contribution < -0.4 is 21.3 Å². The number of nitrogen functional groups attached to an aromatic ring is 1. The summed E-state index contributed by atoms with van der Waals surface area (Å²) in [6.07, 6.45) is 3.11. The van der Waals surface area contributed by atoms with Crippen molar-refractivity contribution in [1.29, 1.82) is 0 Å². The monoisotopic (exact) mass is 695 g/mol. The van der Waals surface area contributed by atoms with Gasteiger partial charge in [-0.3, -0.25) is 10.2 Å². The van der Waals surface area contributed by atoms with Crippen LogP contribution in [0.25, 0.3) is 22.1 Å². The maximum absolute atomic E-state index is 11.2. The first-order valence-corrected chi connectivity index (χ1v) is 15.6. The van der Waals surface area contributed by atoms with Crippen LogP contribution in [0.1, 0.15) is 0 Å². The highest BCUT2D eigenvalue weighted by Gasteiger charge is 2.11. The van der Waals surface area contributed by atoms with E-state index >= 15 is 0 Å². The van der Waals surface area contributed by atoms with Gasteiger partial charge < -0.3 is 11.1 Å². The molecule has 44 heavy (non-hydrogen) atoms. The van der Waals surface area contributed by atoms with Crippen LogP contribution in [0, 0.1) is 0 Å². The molecule has 4 heterocycles. The van der Waals surface area contributed by atoms with E-state index in [2.05, 4.69) is 45.6 Å². The summed E-state index contributed by atoms with van der Waals surface area (Å²) >= 11 is 17.1. The number of sulfonamides is 2. The zero-order chi connectivity index (χ0) is 31.4. The molecule has 0 aliphatic rings. The number of rotatable bonds is 4. The van der Waals surface area contributed by atoms with E-state index in [4.69, 9.17) is 50.8 Å². The fourth-order valence-electron chi connectivity index (χ4n) is 3.20. The Hall–Kier alpha value is -4.11. The number of hydrogen-bond donors (Lipinski definition) is 6. The number of aromatic nitrogens is 8. The Balaban J connectivity index is 0.000000195. The normalized spacial score (nSPS) is 11.1. The number of nitrogens with two attached hydrogens (primary N) is 3. The number of anilines is 3. The van der Waals surface area contributed by atoms with Crippen molar-refractivity contribution in [1.82, 2.24) is 40.3 Å². The summed E-state index contributed by atoms with van der Waals surface area (Å²) in [6, 6.07) is 11.6. The van der Waals surface area contributed by atoms with Gasteiger partial charge in [0.2, 0.25) is 30.6 Å². The number of hydrogen-bond acceptors (Lipinski definition) is 12. The third-order valence-electron chi connectivity index (χ3n) is 5.17. The molecular formula is C22H19BCl3N12O4S2. The molecule has 3 radical (unpaired) electrons. The van der Waals surface area contributed by atoms with Crippen LogP contribution in [0.2, 0.25) is 15.7 Å². The van der Waals surface area contributed by atoms with E-state index < -0.39 is 20.0 Å². The molecule has 6 rings (SSSR count). The molecule has 0 unspecified atom stereocenters. The van der Waals surface area contributed by atoms with Gasteiger partial charge in [-0.15, -0.1) is 0 Å². The second-order valence-electron chi connectivity index (χ2n) is 8.20. The van der Waals surface area contributed by atoms with Gasteiger partial charge in [0.15, 0.2) is 11.3 Å². The minimum Gasteiger partial charge on any atom is -0.399 e. The molecule has 6 aromatic rings. The standard InChI is InChI=1S/C11H9ClN6O2S.C6H8N2O2S.C5H2Cl2N4.B/c12-11-16-9(8-5-14-18-10(8)17-11)15-6-1-3-7(4-2-6)21(13,19)20;7-5-1-3-6(4-2-5)11(8,9)10;6-3-2-1-8-11-4(2)10-5(7)9-3;/h1-5H,(H2,13,19,20)(H2,14,15,16,17,18);1-4H,7H2,(H2,8,9,10);1H,(H,8,9,10,11);. The lowest BCUT2D eigenvalue weighted by molar-refractivity contribution is 0.596. The summed E-state index contributed by atoms with van der Waals surface area (Å²) in [5, 5.41) is 27.7. The van der Waals surface area contributed by atoms with Crippen LogP contribution in [0.4, 0.5) is 17.2 Å². The first-order chi connectivity index (χ1) is 20.2. The molecule has 0 spiro atoms. The van der Waals surface area contributed by atoms with Gasteiger partial charge in [-0.2, -0.15) is 25.1 Å². The Labute approximate surface area is 266 Å². The molecule has 2 aromatic carbocycles. The van der Waals surface area contributed by atoms with Crippen molar-refractivity contribution < 1.29 is 16.8 Å². The fraction of sp³-hybridized carbons (Fsp3) is 0. The number of H-pyrrole nitrogens is 2. The molecule has 227 valence electrons. The van der Waals surface area contributed by atoms with Crippen molar-refractivity contribution >= 4 is 103 Å². The predicted molar refractivity (Wildman–Crippen MR) is 167 cm³/mol. The highest BCUT2D eigenvalue weighted by atomic mass is 35.5. The summed E-state index contributed by atoms with van der Waals surface area (Å²) in [5.41, 5.74) is 7.52. The zero-order valence-electron chi connectivity index (χ0n) is 21.8. The topological polar surface area (TPSA) is 267 Å². The molecule has 0 aliphatic heterocycles. The van der Waals surface area contributed by atoms with Gasteiger partial charge in [0.25, 0.3) is 0 Å². The molecule has 22 heteroatoms. The molecule has 0 amide bonds. The van der Waals surface area contributed by atoms with Gasteiger partial charge in [0.05, 0.1) is 33.0 Å². The predicted octanol–water partition coefficient (Wildman–Crippen LogP) is 2.59. The van der Waals surface area contributed by atoms with Gasteiger partial charge in [0.1, 0.15) is 11.0 Å². The highest BCUT2D eigenvalue weighted by molar-refractivity contribution is 7.89. The van der Waals surface area contributed by atoms with Crippen molar-refractivity contribution in [2.75, 3.05) is 11.1 Å². The number of aromatic amines is 2. The summed E-state index contributed by atoms with van der Waals surface area (Å²) in [5.74, 6) is 0.460. The third-order valence-corrected chi connectivity index (χ3v) is 7.66. The third kappa shape index (κ3) is 8.96. The van der Waals surface area contributed by atoms with Crippen molar-refractivity contribution in [3.05, 3.63) is 76.6 Å². The Kier molecular flexibility index (Phi) is 11.0. The molecule has 0 atom stereocenters. The molecule has 0 bridgehead atoms. The zero-order valence-corrected chi connectivity index (χ0v) is 25.8. The highest BCUT2D eigenvalue weighted by Crippen LogP contribution is 2.24. The molecule has 9 N–H and O–H groups in total. The SMILES string of the molecule is Clc1nc(Cl)c2cn[nH]c2n1.NS(=O)(=O)c1ccc(Nc2nc(Cl)nc3[nH]ncc23)cc1.Nc1ccc(S(N)(=O)=O)cc1.[B]. The number of benzene rings is 2. The van der Waals surface area contributed by atoms with Crippen molar-refractivity contribution in [2.24, 2.45) is 10.3 Å². The van der Waals surface area contributed by atoms with Crippen LogP contribution in [-0.2, 0) is 20.0 Å². The number of nitrogens with zero attached hydrogens (tertiary/aromatic N) is 6.